The minimum atomic E-state index is -0.343. The van der Waals surface area contributed by atoms with Gasteiger partial charge in [-0.3, -0.25) is 4.90 Å². The van der Waals surface area contributed by atoms with Crippen molar-refractivity contribution in [3.8, 4) is 5.88 Å². The van der Waals surface area contributed by atoms with E-state index in [0.29, 0.717) is 24.0 Å². The van der Waals surface area contributed by atoms with E-state index in [0.717, 1.165) is 79.3 Å². The van der Waals surface area contributed by atoms with E-state index in [2.05, 4.69) is 27.6 Å². The maximum atomic E-state index is 12.2. The van der Waals surface area contributed by atoms with E-state index in [1.807, 2.05) is 59.2 Å². The summed E-state index contributed by atoms with van der Waals surface area (Å²) in [5, 5.41) is 4.57. The molecule has 10 heteroatoms. The molecule has 2 saturated heterocycles. The number of aromatic nitrogens is 5. The molecule has 4 aromatic heterocycles. The molecular weight excluding hydrogens is 544 g/mol. The fourth-order valence-electron chi connectivity index (χ4n) is 6.22. The van der Waals surface area contributed by atoms with Crippen molar-refractivity contribution < 1.29 is 19.0 Å². The Morgan fingerprint density at radius 1 is 1.05 bits per heavy atom. The standard InChI is InChI=1S/C33H36N6O4/c1-22(32-35-29-10-9-24(33(40)41-2)18-30(29)38(32)20-27-13-17-42-27)37-15-11-23(12-16-37)28-7-5-8-31(34-28)43-21-25-19-26-6-3-4-14-39(26)36-25/h3-10,14,18-19,22-23,27H,11-13,15-17,20-21H2,1-2H3. The number of carbonyl (C=O) groups is 1. The van der Waals surface area contributed by atoms with Gasteiger partial charge in [0, 0.05) is 30.5 Å². The predicted molar refractivity (Wildman–Crippen MR) is 161 cm³/mol. The van der Waals surface area contributed by atoms with Gasteiger partial charge in [0.05, 0.1) is 47.9 Å². The molecule has 0 amide bonds. The number of piperidine rings is 1. The summed E-state index contributed by atoms with van der Waals surface area (Å²) in [5.74, 6) is 1.66. The quantitative estimate of drug-likeness (QED) is 0.220. The number of rotatable bonds is 9. The molecule has 2 fully saturated rings. The number of nitrogens with zero attached hydrogens (tertiary/aromatic N) is 6. The second-order valence-corrected chi connectivity index (χ2v) is 11.4. The monoisotopic (exact) mass is 580 g/mol. The summed E-state index contributed by atoms with van der Waals surface area (Å²) >= 11 is 0. The van der Waals surface area contributed by atoms with E-state index in [1.165, 1.54) is 7.11 Å². The first-order valence-corrected chi connectivity index (χ1v) is 15.0. The van der Waals surface area contributed by atoms with E-state index < -0.39 is 0 Å². The lowest BCUT2D eigenvalue weighted by molar-refractivity contribution is -0.0594. The minimum absolute atomic E-state index is 0.114. The molecule has 10 nitrogen and oxygen atoms in total. The normalized spacial score (nSPS) is 18.5. The zero-order chi connectivity index (χ0) is 29.3. The van der Waals surface area contributed by atoms with Crippen molar-refractivity contribution in [1.29, 1.82) is 0 Å². The molecule has 43 heavy (non-hydrogen) atoms. The summed E-state index contributed by atoms with van der Waals surface area (Å²) in [6, 6.07) is 19.8. The summed E-state index contributed by atoms with van der Waals surface area (Å²) < 4.78 is 20.9. The summed E-state index contributed by atoms with van der Waals surface area (Å²) in [4.78, 5) is 24.7. The Labute approximate surface area is 250 Å². The van der Waals surface area contributed by atoms with Crippen molar-refractivity contribution >= 4 is 22.5 Å². The molecule has 2 unspecified atom stereocenters. The van der Waals surface area contributed by atoms with Crippen LogP contribution >= 0.6 is 0 Å². The van der Waals surface area contributed by atoms with Gasteiger partial charge in [-0.1, -0.05) is 12.1 Å². The Balaban J connectivity index is 1.03. The third-order valence-electron chi connectivity index (χ3n) is 8.78. The van der Waals surface area contributed by atoms with Crippen molar-refractivity contribution in [2.24, 2.45) is 0 Å². The number of methoxy groups -OCH3 is 1. The highest BCUT2D eigenvalue weighted by Gasteiger charge is 2.30. The van der Waals surface area contributed by atoms with Crippen LogP contribution in [0.2, 0.25) is 0 Å². The predicted octanol–water partition coefficient (Wildman–Crippen LogP) is 5.17. The van der Waals surface area contributed by atoms with E-state index >= 15 is 0 Å². The van der Waals surface area contributed by atoms with Gasteiger partial charge in [-0.15, -0.1) is 0 Å². The minimum Gasteiger partial charge on any atom is -0.471 e. The van der Waals surface area contributed by atoms with Crippen molar-refractivity contribution in [1.82, 2.24) is 29.0 Å². The number of fused-ring (bicyclic) bond motifs is 2. The number of benzene rings is 1. The van der Waals surface area contributed by atoms with Gasteiger partial charge in [0.1, 0.15) is 18.1 Å². The fourth-order valence-corrected chi connectivity index (χ4v) is 6.22. The molecule has 7 rings (SSSR count). The highest BCUT2D eigenvalue weighted by atomic mass is 16.5. The van der Waals surface area contributed by atoms with E-state index in [-0.39, 0.29) is 18.1 Å². The summed E-state index contributed by atoms with van der Waals surface area (Å²) in [6.45, 7) is 6.01. The molecule has 0 spiro atoms. The first kappa shape index (κ1) is 27.5. The zero-order valence-corrected chi connectivity index (χ0v) is 24.6. The molecule has 5 aromatic rings. The van der Waals surface area contributed by atoms with Crippen LogP contribution in [0.5, 0.6) is 5.88 Å². The Morgan fingerprint density at radius 3 is 2.67 bits per heavy atom. The zero-order valence-electron chi connectivity index (χ0n) is 24.6. The Morgan fingerprint density at radius 2 is 1.91 bits per heavy atom. The topological polar surface area (TPSA) is 96.0 Å². The second kappa shape index (κ2) is 11.8. The van der Waals surface area contributed by atoms with E-state index in [4.69, 9.17) is 24.2 Å². The molecule has 2 aliphatic heterocycles. The molecule has 2 atom stereocenters. The van der Waals surface area contributed by atoms with Crippen LogP contribution in [0.4, 0.5) is 0 Å². The molecule has 0 saturated carbocycles. The van der Waals surface area contributed by atoms with Crippen molar-refractivity contribution in [2.75, 3.05) is 26.8 Å². The van der Waals surface area contributed by atoms with Crippen LogP contribution < -0.4 is 4.74 Å². The van der Waals surface area contributed by atoms with Gasteiger partial charge >= 0.3 is 5.97 Å². The molecule has 1 aromatic carbocycles. The number of likely N-dealkylation sites (tertiary alicyclic amines) is 1. The first-order chi connectivity index (χ1) is 21.1. The third kappa shape index (κ3) is 5.60. The lowest BCUT2D eigenvalue weighted by Crippen LogP contribution is -2.37. The van der Waals surface area contributed by atoms with E-state index in [1.54, 1.807) is 6.07 Å². The smallest absolute Gasteiger partial charge is 0.337 e. The average Bonchev–Trinajstić information content (AvgIpc) is 3.62. The molecule has 0 aliphatic carbocycles. The second-order valence-electron chi connectivity index (χ2n) is 11.4. The Kier molecular flexibility index (Phi) is 7.54. The largest absolute Gasteiger partial charge is 0.471 e. The molecule has 6 heterocycles. The van der Waals surface area contributed by atoms with Crippen LogP contribution in [-0.4, -0.2) is 67.9 Å². The highest BCUT2D eigenvalue weighted by Crippen LogP contribution is 2.34. The Bertz CT molecular complexity index is 1720. The van der Waals surface area contributed by atoms with Crippen molar-refractivity contribution in [2.45, 2.75) is 57.4 Å². The van der Waals surface area contributed by atoms with E-state index in [9.17, 15) is 4.79 Å². The number of pyridine rings is 2. The third-order valence-corrected chi connectivity index (χ3v) is 8.78. The van der Waals surface area contributed by atoms with Gasteiger partial charge in [-0.2, -0.15) is 5.10 Å². The number of imidazole rings is 1. The van der Waals surface area contributed by atoms with Gasteiger partial charge in [-0.25, -0.2) is 19.3 Å². The maximum Gasteiger partial charge on any atom is 0.337 e. The van der Waals surface area contributed by atoms with Gasteiger partial charge in [-0.05, 0) is 81.7 Å². The lowest BCUT2D eigenvalue weighted by Gasteiger charge is -2.36. The number of hydrogen-bond acceptors (Lipinski definition) is 8. The SMILES string of the molecule is COC(=O)c1ccc2nc(C(C)N3CCC(c4cccc(OCc5cc6ccccn6n5)n4)CC3)n(CC3CCO3)c2c1. The van der Waals surface area contributed by atoms with Crippen molar-refractivity contribution in [3.63, 3.8) is 0 Å². The summed E-state index contributed by atoms with van der Waals surface area (Å²) in [6.07, 6.45) is 5.15. The Hall–Kier alpha value is -4.28. The average molecular weight is 581 g/mol. The van der Waals surface area contributed by atoms with Gasteiger partial charge in [0.25, 0.3) is 0 Å². The van der Waals surface area contributed by atoms with Gasteiger partial charge in [0.2, 0.25) is 5.88 Å². The maximum absolute atomic E-state index is 12.2. The molecule has 0 bridgehead atoms. The fraction of sp³-hybridized carbons (Fsp3) is 0.394. The van der Waals surface area contributed by atoms with Crippen LogP contribution in [0.3, 0.4) is 0 Å². The highest BCUT2D eigenvalue weighted by molar-refractivity contribution is 5.93. The first-order valence-electron chi connectivity index (χ1n) is 15.0. The number of hydrogen-bond donors (Lipinski definition) is 0. The number of carbonyl (C=O) groups excluding carboxylic acids is 1. The molecule has 222 valence electrons. The summed E-state index contributed by atoms with van der Waals surface area (Å²) in [5.41, 5.74) is 5.35. The van der Waals surface area contributed by atoms with Crippen LogP contribution in [-0.2, 0) is 22.6 Å². The number of esters is 1. The van der Waals surface area contributed by atoms with Crippen LogP contribution in [0.15, 0.2) is 66.9 Å². The van der Waals surface area contributed by atoms with Gasteiger partial charge in [0.15, 0.2) is 0 Å². The molecule has 0 radical (unpaired) electrons. The van der Waals surface area contributed by atoms with Crippen LogP contribution in [0, 0.1) is 0 Å². The van der Waals surface area contributed by atoms with Gasteiger partial charge < -0.3 is 18.8 Å². The van der Waals surface area contributed by atoms with Crippen LogP contribution in [0.25, 0.3) is 16.6 Å². The lowest BCUT2D eigenvalue weighted by atomic mass is 9.92. The number of ether oxygens (including phenoxy) is 3. The molecular formula is C33H36N6O4. The molecule has 0 N–H and O–H groups in total. The van der Waals surface area contributed by atoms with Crippen LogP contribution in [0.1, 0.15) is 65.7 Å². The van der Waals surface area contributed by atoms with Crippen molar-refractivity contribution in [3.05, 3.63) is 89.6 Å². The molecule has 2 aliphatic rings. The summed E-state index contributed by atoms with van der Waals surface area (Å²) in [7, 11) is 1.41.